The predicted octanol–water partition coefficient (Wildman–Crippen LogP) is 6.76. The summed E-state index contributed by atoms with van der Waals surface area (Å²) >= 11 is 1.79. The van der Waals surface area contributed by atoms with Crippen molar-refractivity contribution in [3.63, 3.8) is 0 Å². The molecule has 0 bridgehead atoms. The van der Waals surface area contributed by atoms with Gasteiger partial charge in [0.05, 0.1) is 16.4 Å². The molecule has 0 amide bonds. The summed E-state index contributed by atoms with van der Waals surface area (Å²) in [5, 5.41) is 3.45. The van der Waals surface area contributed by atoms with Crippen molar-refractivity contribution in [3.05, 3.63) is 33.9 Å². The fourth-order valence-electron chi connectivity index (χ4n) is 2.72. The molecule has 3 nitrogen and oxygen atoms in total. The number of rotatable bonds is 5. The van der Waals surface area contributed by atoms with E-state index >= 15 is 0 Å². The van der Waals surface area contributed by atoms with Gasteiger partial charge in [0, 0.05) is 27.0 Å². The van der Waals surface area contributed by atoms with Gasteiger partial charge in [0.2, 0.25) is 0 Å². The summed E-state index contributed by atoms with van der Waals surface area (Å²) in [6, 6.07) is 0. The normalized spacial score (nSPS) is 14.1. The molecule has 26 heavy (non-hydrogen) atoms. The van der Waals surface area contributed by atoms with E-state index < -0.39 is 0 Å². The third-order valence-electron chi connectivity index (χ3n) is 5.07. The first-order valence-electron chi connectivity index (χ1n) is 9.56. The van der Waals surface area contributed by atoms with E-state index in [4.69, 9.17) is 14.4 Å². The predicted molar refractivity (Wildman–Crippen MR) is 111 cm³/mol. The van der Waals surface area contributed by atoms with Gasteiger partial charge in [-0.2, -0.15) is 0 Å². The Morgan fingerprint density at radius 1 is 0.769 bits per heavy atom. The molecular weight excluding hydrogens is 340 g/mol. The van der Waals surface area contributed by atoms with E-state index in [0.29, 0.717) is 0 Å². The fraction of sp³-hybridized carbons (Fsp3) is 0.727. The van der Waals surface area contributed by atoms with E-state index in [2.05, 4.69) is 74.6 Å². The van der Waals surface area contributed by atoms with E-state index in [9.17, 15) is 0 Å². The summed E-state index contributed by atoms with van der Waals surface area (Å²) < 4.78 is 5.75. The van der Waals surface area contributed by atoms with E-state index in [1.54, 1.807) is 11.3 Å². The maximum Gasteiger partial charge on any atom is 0.199 e. The molecule has 0 saturated carbocycles. The van der Waals surface area contributed by atoms with Gasteiger partial charge in [-0.3, -0.25) is 0 Å². The zero-order valence-corrected chi connectivity index (χ0v) is 19.1. The van der Waals surface area contributed by atoms with E-state index in [1.165, 1.54) is 10.7 Å². The van der Waals surface area contributed by atoms with Gasteiger partial charge in [-0.1, -0.05) is 69.2 Å². The van der Waals surface area contributed by atoms with Crippen LogP contribution in [0, 0.1) is 0 Å². The summed E-state index contributed by atoms with van der Waals surface area (Å²) in [7, 11) is 0. The third-order valence-corrected chi connectivity index (χ3v) is 6.27. The molecule has 0 aliphatic carbocycles. The van der Waals surface area contributed by atoms with Crippen LogP contribution in [-0.4, -0.2) is 9.97 Å². The summed E-state index contributed by atoms with van der Waals surface area (Å²) in [5.41, 5.74) is 2.33. The van der Waals surface area contributed by atoms with Gasteiger partial charge in [0.1, 0.15) is 6.26 Å². The Morgan fingerprint density at radius 2 is 1.35 bits per heavy atom. The van der Waals surface area contributed by atoms with Gasteiger partial charge in [-0.05, 0) is 12.8 Å². The van der Waals surface area contributed by atoms with Crippen LogP contribution in [0.15, 0.2) is 16.1 Å². The molecule has 0 atom stereocenters. The van der Waals surface area contributed by atoms with Gasteiger partial charge in [0.25, 0.3) is 0 Å². The quantitative estimate of drug-likeness (QED) is 0.578. The van der Waals surface area contributed by atoms with Crippen molar-refractivity contribution in [3.8, 4) is 0 Å². The van der Waals surface area contributed by atoms with Crippen molar-refractivity contribution in [2.75, 3.05) is 0 Å². The van der Waals surface area contributed by atoms with E-state index in [0.717, 1.165) is 24.4 Å². The second-order valence-electron chi connectivity index (χ2n) is 10.8. The maximum absolute atomic E-state index is 5.75. The van der Waals surface area contributed by atoms with Crippen LogP contribution >= 0.6 is 11.3 Å². The molecule has 0 spiro atoms. The summed E-state index contributed by atoms with van der Waals surface area (Å²) in [5.74, 6) is 0.814. The van der Waals surface area contributed by atoms with Crippen LogP contribution in [0.4, 0.5) is 0 Å². The second-order valence-corrected chi connectivity index (χ2v) is 11.7. The number of nitrogens with zero attached hydrogens (tertiary/aromatic N) is 2. The zero-order chi connectivity index (χ0) is 20.0. The standard InChI is InChI=1S/C22H36N2OS/c1-19(2,3)16-14-26-18(24-16)22(9,10)12-11-21(7,8)15-13-25-17(23-15)20(4,5)6/h13-14H,11-12H2,1-10H3. The van der Waals surface area contributed by atoms with Gasteiger partial charge in [-0.25, -0.2) is 9.97 Å². The molecular formula is C22H36N2OS. The van der Waals surface area contributed by atoms with Gasteiger partial charge in [0.15, 0.2) is 5.89 Å². The lowest BCUT2D eigenvalue weighted by molar-refractivity contribution is 0.366. The van der Waals surface area contributed by atoms with Crippen LogP contribution in [-0.2, 0) is 21.7 Å². The van der Waals surface area contributed by atoms with Crippen LogP contribution < -0.4 is 0 Å². The minimum atomic E-state index is -0.0577. The summed E-state index contributed by atoms with van der Waals surface area (Å²) in [6.07, 6.45) is 3.95. The van der Waals surface area contributed by atoms with Crippen LogP contribution in [0.2, 0.25) is 0 Å². The van der Waals surface area contributed by atoms with Crippen molar-refractivity contribution in [1.82, 2.24) is 9.97 Å². The van der Waals surface area contributed by atoms with Crippen LogP contribution in [0.5, 0.6) is 0 Å². The van der Waals surface area contributed by atoms with Crippen molar-refractivity contribution >= 4 is 11.3 Å². The molecule has 146 valence electrons. The number of thiazole rings is 1. The Bertz CT molecular complexity index is 675. The van der Waals surface area contributed by atoms with Crippen molar-refractivity contribution in [2.45, 2.75) is 104 Å². The molecule has 0 saturated heterocycles. The zero-order valence-electron chi connectivity index (χ0n) is 18.3. The van der Waals surface area contributed by atoms with Crippen LogP contribution in [0.25, 0.3) is 0 Å². The van der Waals surface area contributed by atoms with Crippen molar-refractivity contribution in [2.24, 2.45) is 0 Å². The smallest absolute Gasteiger partial charge is 0.199 e. The van der Waals surface area contributed by atoms with Gasteiger partial charge < -0.3 is 4.42 Å². The lowest BCUT2D eigenvalue weighted by atomic mass is 9.77. The highest BCUT2D eigenvalue weighted by Gasteiger charge is 2.33. The first-order chi connectivity index (χ1) is 11.6. The number of hydrogen-bond acceptors (Lipinski definition) is 4. The molecule has 0 unspecified atom stereocenters. The lowest BCUT2D eigenvalue weighted by Gasteiger charge is -2.29. The van der Waals surface area contributed by atoms with E-state index in [1.807, 2.05) is 6.26 Å². The highest BCUT2D eigenvalue weighted by molar-refractivity contribution is 7.09. The summed E-state index contributed by atoms with van der Waals surface area (Å²) in [4.78, 5) is 9.73. The average Bonchev–Trinajstić information content (AvgIpc) is 3.13. The molecule has 0 radical (unpaired) electrons. The third kappa shape index (κ3) is 4.76. The van der Waals surface area contributed by atoms with Gasteiger partial charge >= 0.3 is 0 Å². The second kappa shape index (κ2) is 6.78. The number of aromatic nitrogens is 2. The van der Waals surface area contributed by atoms with E-state index in [-0.39, 0.29) is 21.7 Å². The highest BCUT2D eigenvalue weighted by Crippen LogP contribution is 2.38. The Balaban J connectivity index is 2.12. The monoisotopic (exact) mass is 376 g/mol. The topological polar surface area (TPSA) is 38.9 Å². The van der Waals surface area contributed by atoms with Crippen molar-refractivity contribution < 1.29 is 4.42 Å². The molecule has 0 aromatic carbocycles. The molecule has 0 N–H and O–H groups in total. The largest absolute Gasteiger partial charge is 0.448 e. The number of hydrogen-bond donors (Lipinski definition) is 0. The maximum atomic E-state index is 5.75. The van der Waals surface area contributed by atoms with Gasteiger partial charge in [-0.15, -0.1) is 11.3 Å². The molecule has 4 heteroatoms. The SMILES string of the molecule is CC(C)(C)c1csc(C(C)(C)CCC(C)(C)c2coc(C(C)(C)C)n2)n1. The first kappa shape index (κ1) is 21.1. The Hall–Kier alpha value is -1.16. The fourth-order valence-corrected chi connectivity index (χ4v) is 3.92. The lowest BCUT2D eigenvalue weighted by Crippen LogP contribution is -2.25. The van der Waals surface area contributed by atoms with Crippen LogP contribution in [0.1, 0.15) is 104 Å². The summed E-state index contributed by atoms with van der Waals surface area (Å²) in [6.45, 7) is 22.2. The molecule has 2 aromatic heterocycles. The minimum Gasteiger partial charge on any atom is -0.448 e. The average molecular weight is 377 g/mol. The highest BCUT2D eigenvalue weighted by atomic mass is 32.1. The minimum absolute atomic E-state index is 0.0195. The number of oxazole rings is 1. The Kier molecular flexibility index (Phi) is 5.51. The molecule has 0 aliphatic rings. The molecule has 2 heterocycles. The molecule has 0 aliphatic heterocycles. The molecule has 0 fully saturated rings. The molecule has 2 rings (SSSR count). The van der Waals surface area contributed by atoms with Crippen LogP contribution in [0.3, 0.4) is 0 Å². The van der Waals surface area contributed by atoms with Crippen molar-refractivity contribution in [1.29, 1.82) is 0 Å². The Morgan fingerprint density at radius 3 is 1.81 bits per heavy atom. The Labute approximate surface area is 163 Å². The molecule has 2 aromatic rings. The first-order valence-corrected chi connectivity index (χ1v) is 10.4.